The van der Waals surface area contributed by atoms with Gasteiger partial charge in [0.15, 0.2) is 0 Å². The second kappa shape index (κ2) is 4.50. The van der Waals surface area contributed by atoms with Crippen LogP contribution in [0.3, 0.4) is 0 Å². The summed E-state index contributed by atoms with van der Waals surface area (Å²) in [5.74, 6) is 2.79. The zero-order valence-electron chi connectivity index (χ0n) is 11.1. The Morgan fingerprint density at radius 3 is 2.17 bits per heavy atom. The van der Waals surface area contributed by atoms with Gasteiger partial charge in [-0.25, -0.2) is 9.97 Å². The zero-order chi connectivity index (χ0) is 12.7. The minimum absolute atomic E-state index is 0.346. The van der Waals surface area contributed by atoms with Gasteiger partial charge in [-0.15, -0.1) is 0 Å². The molecule has 1 unspecified atom stereocenters. The number of aliphatic hydroxyl groups is 1. The summed E-state index contributed by atoms with van der Waals surface area (Å²) >= 11 is 0. The molecule has 1 aromatic rings. The Balaban J connectivity index is 1.77. The highest BCUT2D eigenvalue weighted by atomic mass is 16.3. The van der Waals surface area contributed by atoms with Crippen molar-refractivity contribution in [3.63, 3.8) is 0 Å². The number of anilines is 1. The first kappa shape index (κ1) is 11.9. The first-order valence-corrected chi connectivity index (χ1v) is 6.99. The molecule has 0 spiro atoms. The van der Waals surface area contributed by atoms with E-state index >= 15 is 0 Å². The van der Waals surface area contributed by atoms with Crippen LogP contribution < -0.4 is 4.90 Å². The van der Waals surface area contributed by atoms with Gasteiger partial charge in [0.05, 0.1) is 0 Å². The summed E-state index contributed by atoms with van der Waals surface area (Å²) in [4.78, 5) is 11.6. The Labute approximate surface area is 108 Å². The minimum atomic E-state index is 0.346. The van der Waals surface area contributed by atoms with Crippen molar-refractivity contribution < 1.29 is 5.11 Å². The molecule has 1 aromatic heterocycles. The standard InChI is InChI=1S/C14H21N3O/c1-3-9-5-10(4-2)16-14(15-9)17-6-11-12(7-17)13(11)8-18/h5,11-13,18H,3-4,6-8H2,1-2H3/t11-,12+,13?. The van der Waals surface area contributed by atoms with Crippen LogP contribution in [0.15, 0.2) is 6.07 Å². The van der Waals surface area contributed by atoms with E-state index in [1.165, 1.54) is 0 Å². The fourth-order valence-electron chi connectivity index (χ4n) is 3.13. The number of aliphatic hydroxyl groups excluding tert-OH is 1. The molecule has 4 heteroatoms. The van der Waals surface area contributed by atoms with Crippen LogP contribution in [0.25, 0.3) is 0 Å². The van der Waals surface area contributed by atoms with Crippen molar-refractivity contribution in [2.24, 2.45) is 17.8 Å². The zero-order valence-corrected chi connectivity index (χ0v) is 11.1. The third kappa shape index (κ3) is 1.88. The van der Waals surface area contributed by atoms with Gasteiger partial charge in [-0.1, -0.05) is 13.8 Å². The van der Waals surface area contributed by atoms with Gasteiger partial charge in [0, 0.05) is 31.1 Å². The molecule has 4 nitrogen and oxygen atoms in total. The monoisotopic (exact) mass is 247 g/mol. The summed E-state index contributed by atoms with van der Waals surface area (Å²) in [6, 6.07) is 2.11. The number of hydrogen-bond acceptors (Lipinski definition) is 4. The molecule has 1 N–H and O–H groups in total. The van der Waals surface area contributed by atoms with E-state index in [1.54, 1.807) is 0 Å². The number of nitrogens with zero attached hydrogens (tertiary/aromatic N) is 3. The highest BCUT2D eigenvalue weighted by Crippen LogP contribution is 2.51. The van der Waals surface area contributed by atoms with Crippen molar-refractivity contribution in [1.29, 1.82) is 0 Å². The molecule has 2 aliphatic rings. The van der Waals surface area contributed by atoms with E-state index in [9.17, 15) is 5.11 Å². The lowest BCUT2D eigenvalue weighted by Crippen LogP contribution is -2.27. The largest absolute Gasteiger partial charge is 0.396 e. The summed E-state index contributed by atoms with van der Waals surface area (Å²) in [5, 5.41) is 9.18. The molecule has 1 aliphatic carbocycles. The Kier molecular flexibility index (Phi) is 2.98. The number of aromatic nitrogens is 2. The second-order valence-electron chi connectivity index (χ2n) is 5.44. The van der Waals surface area contributed by atoms with Gasteiger partial charge in [0.25, 0.3) is 0 Å². The highest BCUT2D eigenvalue weighted by molar-refractivity contribution is 5.37. The van der Waals surface area contributed by atoms with Gasteiger partial charge in [0.2, 0.25) is 5.95 Å². The third-order valence-corrected chi connectivity index (χ3v) is 4.41. The number of aryl methyl sites for hydroxylation is 2. The van der Waals surface area contributed by atoms with E-state index in [1.807, 2.05) is 0 Å². The molecule has 0 amide bonds. The molecule has 1 saturated carbocycles. The molecule has 0 bridgehead atoms. The van der Waals surface area contributed by atoms with E-state index in [2.05, 4.69) is 34.8 Å². The maximum Gasteiger partial charge on any atom is 0.225 e. The van der Waals surface area contributed by atoms with Crippen molar-refractivity contribution in [3.05, 3.63) is 17.5 Å². The van der Waals surface area contributed by atoms with Crippen LogP contribution >= 0.6 is 0 Å². The van der Waals surface area contributed by atoms with Crippen LogP contribution in [-0.2, 0) is 12.8 Å². The topological polar surface area (TPSA) is 49.2 Å². The Bertz CT molecular complexity index is 414. The Morgan fingerprint density at radius 1 is 1.17 bits per heavy atom. The summed E-state index contributed by atoms with van der Waals surface area (Å²) in [6.45, 7) is 6.65. The summed E-state index contributed by atoms with van der Waals surface area (Å²) in [7, 11) is 0. The van der Waals surface area contributed by atoms with Crippen molar-refractivity contribution in [1.82, 2.24) is 9.97 Å². The number of rotatable bonds is 4. The Hall–Kier alpha value is -1.16. The van der Waals surface area contributed by atoms with E-state index in [0.717, 1.165) is 43.3 Å². The Morgan fingerprint density at radius 2 is 1.72 bits per heavy atom. The fraction of sp³-hybridized carbons (Fsp3) is 0.714. The molecular formula is C14H21N3O. The van der Waals surface area contributed by atoms with Gasteiger partial charge in [-0.3, -0.25) is 0 Å². The van der Waals surface area contributed by atoms with Crippen LogP contribution in [0.2, 0.25) is 0 Å². The minimum Gasteiger partial charge on any atom is -0.396 e. The first-order valence-electron chi connectivity index (χ1n) is 6.99. The van der Waals surface area contributed by atoms with E-state index in [0.29, 0.717) is 24.4 Å². The lowest BCUT2D eigenvalue weighted by Gasteiger charge is -2.20. The second-order valence-corrected chi connectivity index (χ2v) is 5.44. The van der Waals surface area contributed by atoms with E-state index in [-0.39, 0.29) is 0 Å². The SMILES string of the molecule is CCc1cc(CC)nc(N2C[C@@H]3C(CO)[C@@H]3C2)n1. The van der Waals surface area contributed by atoms with Crippen molar-refractivity contribution >= 4 is 5.95 Å². The smallest absolute Gasteiger partial charge is 0.225 e. The van der Waals surface area contributed by atoms with E-state index < -0.39 is 0 Å². The lowest BCUT2D eigenvalue weighted by atomic mass is 10.2. The number of hydrogen-bond donors (Lipinski definition) is 1. The first-order chi connectivity index (χ1) is 8.76. The van der Waals surface area contributed by atoms with Crippen LogP contribution in [-0.4, -0.2) is 34.8 Å². The molecule has 2 fully saturated rings. The third-order valence-electron chi connectivity index (χ3n) is 4.41. The molecular weight excluding hydrogens is 226 g/mol. The van der Waals surface area contributed by atoms with Gasteiger partial charge in [0.1, 0.15) is 0 Å². The molecule has 98 valence electrons. The fourth-order valence-corrected chi connectivity index (χ4v) is 3.13. The average Bonchev–Trinajstić information content (AvgIpc) is 2.89. The van der Waals surface area contributed by atoms with Gasteiger partial charge in [-0.05, 0) is 36.7 Å². The number of piperidine rings is 1. The van der Waals surface area contributed by atoms with Gasteiger partial charge in [-0.2, -0.15) is 0 Å². The van der Waals surface area contributed by atoms with Crippen molar-refractivity contribution in [3.8, 4) is 0 Å². The predicted molar refractivity (Wildman–Crippen MR) is 70.6 cm³/mol. The highest BCUT2D eigenvalue weighted by Gasteiger charge is 2.55. The molecule has 3 atom stereocenters. The maximum atomic E-state index is 9.18. The van der Waals surface area contributed by atoms with Crippen LogP contribution in [0.5, 0.6) is 0 Å². The molecule has 1 aliphatic heterocycles. The predicted octanol–water partition coefficient (Wildman–Crippen LogP) is 1.28. The van der Waals surface area contributed by atoms with Crippen molar-refractivity contribution in [2.75, 3.05) is 24.6 Å². The van der Waals surface area contributed by atoms with Crippen LogP contribution in [0.1, 0.15) is 25.2 Å². The van der Waals surface area contributed by atoms with E-state index in [4.69, 9.17) is 0 Å². The quantitative estimate of drug-likeness (QED) is 0.870. The lowest BCUT2D eigenvalue weighted by molar-refractivity contribution is 0.260. The maximum absolute atomic E-state index is 9.18. The van der Waals surface area contributed by atoms with Crippen LogP contribution in [0, 0.1) is 17.8 Å². The van der Waals surface area contributed by atoms with Crippen LogP contribution in [0.4, 0.5) is 5.95 Å². The van der Waals surface area contributed by atoms with Gasteiger partial charge < -0.3 is 10.0 Å². The average molecular weight is 247 g/mol. The summed E-state index contributed by atoms with van der Waals surface area (Å²) in [6.07, 6.45) is 1.92. The van der Waals surface area contributed by atoms with Gasteiger partial charge >= 0.3 is 0 Å². The molecule has 18 heavy (non-hydrogen) atoms. The summed E-state index contributed by atoms with van der Waals surface area (Å²) in [5.41, 5.74) is 2.27. The van der Waals surface area contributed by atoms with Crippen molar-refractivity contribution in [2.45, 2.75) is 26.7 Å². The molecule has 3 rings (SSSR count). The normalized spacial score (nSPS) is 29.5. The number of fused-ring (bicyclic) bond motifs is 1. The molecule has 1 saturated heterocycles. The molecule has 0 aromatic carbocycles. The summed E-state index contributed by atoms with van der Waals surface area (Å²) < 4.78 is 0. The molecule has 2 heterocycles. The molecule has 0 radical (unpaired) electrons.